The maximum absolute atomic E-state index is 13.1. The first-order chi connectivity index (χ1) is 12.1. The molecule has 1 amide bonds. The van der Waals surface area contributed by atoms with Gasteiger partial charge in [-0.2, -0.15) is 0 Å². The second kappa shape index (κ2) is 7.72. The number of amides is 1. The molecule has 0 spiro atoms. The van der Waals surface area contributed by atoms with Gasteiger partial charge in [0.25, 0.3) is 0 Å². The van der Waals surface area contributed by atoms with E-state index >= 15 is 0 Å². The third-order valence-corrected chi connectivity index (χ3v) is 4.60. The van der Waals surface area contributed by atoms with Crippen molar-refractivity contribution in [2.24, 2.45) is 0 Å². The van der Waals surface area contributed by atoms with Gasteiger partial charge in [0.1, 0.15) is 11.6 Å². The summed E-state index contributed by atoms with van der Waals surface area (Å²) in [6.45, 7) is 1.89. The fraction of sp³-hybridized carbons (Fsp3) is 0.158. The highest BCUT2D eigenvalue weighted by Crippen LogP contribution is 2.29. The normalized spacial score (nSPS) is 12.0. The van der Waals surface area contributed by atoms with Crippen LogP contribution in [0.1, 0.15) is 24.3 Å². The number of benzene rings is 1. The molecule has 2 aromatic heterocycles. The lowest BCUT2D eigenvalue weighted by Gasteiger charge is -2.27. The van der Waals surface area contributed by atoms with E-state index in [1.165, 1.54) is 0 Å². The highest BCUT2D eigenvalue weighted by atomic mass is 35.5. The Kier molecular flexibility index (Phi) is 5.41. The molecule has 0 bridgehead atoms. The summed E-state index contributed by atoms with van der Waals surface area (Å²) in [7, 11) is 0. The van der Waals surface area contributed by atoms with Gasteiger partial charge in [-0.3, -0.25) is 9.69 Å². The van der Waals surface area contributed by atoms with Gasteiger partial charge in [-0.25, -0.2) is 4.98 Å². The summed E-state index contributed by atoms with van der Waals surface area (Å²) in [5.74, 6) is 1.04. The first-order valence-corrected chi connectivity index (χ1v) is 8.53. The molecule has 0 fully saturated rings. The Balaban J connectivity index is 1.95. The van der Waals surface area contributed by atoms with Gasteiger partial charge in [0, 0.05) is 16.2 Å². The number of halogens is 2. The van der Waals surface area contributed by atoms with E-state index in [4.69, 9.17) is 27.6 Å². The Morgan fingerprint density at radius 1 is 1.12 bits per heavy atom. The zero-order chi connectivity index (χ0) is 17.8. The highest BCUT2D eigenvalue weighted by molar-refractivity contribution is 6.36. The van der Waals surface area contributed by atoms with Crippen molar-refractivity contribution >= 4 is 34.9 Å². The molecular weight excluding hydrogens is 359 g/mol. The van der Waals surface area contributed by atoms with Crippen LogP contribution < -0.4 is 4.90 Å². The molecule has 128 valence electrons. The number of furan rings is 1. The van der Waals surface area contributed by atoms with E-state index in [0.717, 1.165) is 0 Å². The molecule has 0 aliphatic rings. The summed E-state index contributed by atoms with van der Waals surface area (Å²) >= 11 is 12.4. The van der Waals surface area contributed by atoms with Crippen molar-refractivity contribution in [1.29, 1.82) is 0 Å². The van der Waals surface area contributed by atoms with Gasteiger partial charge in [0.15, 0.2) is 0 Å². The smallest absolute Gasteiger partial charge is 0.233 e. The van der Waals surface area contributed by atoms with Gasteiger partial charge in [-0.15, -0.1) is 0 Å². The predicted molar refractivity (Wildman–Crippen MR) is 99.0 cm³/mol. The lowest BCUT2D eigenvalue weighted by molar-refractivity contribution is -0.118. The monoisotopic (exact) mass is 374 g/mol. The van der Waals surface area contributed by atoms with Gasteiger partial charge in [0.05, 0.1) is 18.7 Å². The molecule has 0 aliphatic carbocycles. The Morgan fingerprint density at radius 2 is 1.88 bits per heavy atom. The predicted octanol–water partition coefficient (Wildman–Crippen LogP) is 5.32. The molecule has 2 heterocycles. The van der Waals surface area contributed by atoms with Crippen LogP contribution in [0.4, 0.5) is 5.82 Å². The maximum atomic E-state index is 13.1. The van der Waals surface area contributed by atoms with Crippen LogP contribution in [0.5, 0.6) is 0 Å². The molecule has 1 aromatic carbocycles. The third-order valence-electron chi connectivity index (χ3n) is 3.90. The van der Waals surface area contributed by atoms with Crippen LogP contribution >= 0.6 is 23.2 Å². The number of carbonyl (C=O) groups is 1. The summed E-state index contributed by atoms with van der Waals surface area (Å²) in [5, 5.41) is 0.931. The molecule has 3 aromatic rings. The van der Waals surface area contributed by atoms with Crippen molar-refractivity contribution in [3.05, 3.63) is 82.4 Å². The third kappa shape index (κ3) is 3.86. The van der Waals surface area contributed by atoms with Crippen molar-refractivity contribution < 1.29 is 9.21 Å². The molecule has 0 unspecified atom stereocenters. The van der Waals surface area contributed by atoms with Gasteiger partial charge in [-0.1, -0.05) is 35.3 Å². The number of hydrogen-bond donors (Lipinski definition) is 0. The second-order valence-corrected chi connectivity index (χ2v) is 6.33. The van der Waals surface area contributed by atoms with E-state index in [1.54, 1.807) is 53.8 Å². The van der Waals surface area contributed by atoms with Crippen LogP contribution in [0.25, 0.3) is 0 Å². The van der Waals surface area contributed by atoms with E-state index in [2.05, 4.69) is 4.98 Å². The number of aromatic nitrogens is 1. The number of rotatable bonds is 5. The number of hydrogen-bond acceptors (Lipinski definition) is 3. The first-order valence-electron chi connectivity index (χ1n) is 7.77. The van der Waals surface area contributed by atoms with Crippen molar-refractivity contribution in [3.8, 4) is 0 Å². The lowest BCUT2D eigenvalue weighted by atomic mass is 10.1. The summed E-state index contributed by atoms with van der Waals surface area (Å²) in [6.07, 6.45) is 3.30. The van der Waals surface area contributed by atoms with Crippen LogP contribution in [0.2, 0.25) is 10.0 Å². The van der Waals surface area contributed by atoms with Crippen LogP contribution in [0.3, 0.4) is 0 Å². The summed E-state index contributed by atoms with van der Waals surface area (Å²) in [4.78, 5) is 19.0. The van der Waals surface area contributed by atoms with Gasteiger partial charge in [0.2, 0.25) is 5.91 Å². The van der Waals surface area contributed by atoms with Gasteiger partial charge < -0.3 is 4.42 Å². The molecule has 6 heteroatoms. The van der Waals surface area contributed by atoms with Crippen LogP contribution in [0, 0.1) is 0 Å². The number of anilines is 1. The average Bonchev–Trinajstić information content (AvgIpc) is 3.14. The molecule has 4 nitrogen and oxygen atoms in total. The molecule has 0 saturated heterocycles. The molecule has 3 rings (SSSR count). The fourth-order valence-electron chi connectivity index (χ4n) is 2.63. The van der Waals surface area contributed by atoms with Crippen LogP contribution in [0.15, 0.2) is 65.4 Å². The van der Waals surface area contributed by atoms with E-state index in [0.29, 0.717) is 27.2 Å². The van der Waals surface area contributed by atoms with Crippen LogP contribution in [-0.4, -0.2) is 10.9 Å². The number of carbonyl (C=O) groups excluding carboxylic acids is 1. The van der Waals surface area contributed by atoms with Crippen molar-refractivity contribution in [2.45, 2.75) is 19.4 Å². The SMILES string of the molecule is C[C@H](c1ccco1)N(C(=O)Cc1c(Cl)cccc1Cl)c1ccccn1. The average molecular weight is 375 g/mol. The molecule has 0 N–H and O–H groups in total. The molecule has 1 atom stereocenters. The standard InChI is InChI=1S/C19H16Cl2N2O2/c1-13(17-8-5-11-25-17)23(18-9-2-3-10-22-18)19(24)12-14-15(20)6-4-7-16(14)21/h2-11,13H,12H2,1H3/t13-/m1/s1. The Hall–Kier alpha value is -2.30. The van der Waals surface area contributed by atoms with Crippen LogP contribution in [-0.2, 0) is 11.2 Å². The zero-order valence-electron chi connectivity index (χ0n) is 13.5. The zero-order valence-corrected chi connectivity index (χ0v) is 15.0. The number of pyridine rings is 1. The second-order valence-electron chi connectivity index (χ2n) is 5.52. The van der Waals surface area contributed by atoms with E-state index in [-0.39, 0.29) is 18.4 Å². The molecule has 0 radical (unpaired) electrons. The van der Waals surface area contributed by atoms with E-state index < -0.39 is 0 Å². The van der Waals surface area contributed by atoms with Gasteiger partial charge in [-0.05, 0) is 48.9 Å². The first kappa shape index (κ1) is 17.5. The van der Waals surface area contributed by atoms with Crippen molar-refractivity contribution in [3.63, 3.8) is 0 Å². The van der Waals surface area contributed by atoms with E-state index in [1.807, 2.05) is 19.1 Å². The number of nitrogens with zero attached hydrogens (tertiary/aromatic N) is 2. The minimum absolute atomic E-state index is 0.0696. The minimum Gasteiger partial charge on any atom is -0.467 e. The molecule has 25 heavy (non-hydrogen) atoms. The Labute approximate surface area is 156 Å². The summed E-state index contributed by atoms with van der Waals surface area (Å²) in [6, 6.07) is 13.9. The molecule has 0 aliphatic heterocycles. The summed E-state index contributed by atoms with van der Waals surface area (Å²) in [5.41, 5.74) is 0.600. The Morgan fingerprint density at radius 3 is 2.48 bits per heavy atom. The highest BCUT2D eigenvalue weighted by Gasteiger charge is 2.27. The lowest BCUT2D eigenvalue weighted by Crippen LogP contribution is -2.35. The molecular formula is C19H16Cl2N2O2. The fourth-order valence-corrected chi connectivity index (χ4v) is 3.16. The Bertz CT molecular complexity index is 831. The molecule has 0 saturated carbocycles. The minimum atomic E-state index is -0.321. The largest absolute Gasteiger partial charge is 0.467 e. The van der Waals surface area contributed by atoms with Crippen molar-refractivity contribution in [1.82, 2.24) is 4.98 Å². The topological polar surface area (TPSA) is 46.3 Å². The maximum Gasteiger partial charge on any atom is 0.233 e. The van der Waals surface area contributed by atoms with Gasteiger partial charge >= 0.3 is 0 Å². The summed E-state index contributed by atoms with van der Waals surface area (Å²) < 4.78 is 5.47. The van der Waals surface area contributed by atoms with E-state index in [9.17, 15) is 4.79 Å². The quantitative estimate of drug-likeness (QED) is 0.607. The van der Waals surface area contributed by atoms with Crippen molar-refractivity contribution in [2.75, 3.05) is 4.90 Å².